The Kier molecular flexibility index (Phi) is 5.96. The third-order valence-corrected chi connectivity index (χ3v) is 5.52. The highest BCUT2D eigenvalue weighted by Gasteiger charge is 2.20. The number of aliphatic imine (C=N–C) groups is 1. The fourth-order valence-electron chi connectivity index (χ4n) is 3.70. The first-order valence-electron chi connectivity index (χ1n) is 10.4. The number of hydrogen-bond acceptors (Lipinski definition) is 2. The summed E-state index contributed by atoms with van der Waals surface area (Å²) in [5.74, 6) is 1.06. The van der Waals surface area contributed by atoms with E-state index in [1.165, 1.54) is 24.0 Å². The van der Waals surface area contributed by atoms with E-state index in [4.69, 9.17) is 4.99 Å². The highest BCUT2D eigenvalue weighted by Crippen LogP contribution is 2.35. The molecule has 142 valence electrons. The predicted molar refractivity (Wildman–Crippen MR) is 117 cm³/mol. The Balaban J connectivity index is 1.51. The minimum Gasteiger partial charge on any atom is -0.295 e. The van der Waals surface area contributed by atoms with Gasteiger partial charge in [-0.15, -0.1) is 0 Å². The molecule has 1 aliphatic heterocycles. The molecule has 1 saturated carbocycles. The first-order chi connectivity index (χ1) is 13.8. The molecule has 0 atom stereocenters. The van der Waals surface area contributed by atoms with Gasteiger partial charge in [0.2, 0.25) is 0 Å². The molecule has 0 spiro atoms. The van der Waals surface area contributed by atoms with E-state index in [0.717, 1.165) is 48.6 Å². The molecule has 1 heterocycles. The minimum atomic E-state index is 0.224. The van der Waals surface area contributed by atoms with Crippen LogP contribution in [0.3, 0.4) is 0 Å². The van der Waals surface area contributed by atoms with Crippen LogP contribution in [0, 0.1) is 5.92 Å². The van der Waals surface area contributed by atoms with E-state index in [1.807, 2.05) is 12.1 Å². The lowest BCUT2D eigenvalue weighted by atomic mass is 9.91. The fourth-order valence-corrected chi connectivity index (χ4v) is 3.70. The van der Waals surface area contributed by atoms with Gasteiger partial charge in [-0.2, -0.15) is 0 Å². The van der Waals surface area contributed by atoms with E-state index in [2.05, 4.69) is 54.6 Å². The Labute approximate surface area is 167 Å². The second-order valence-electron chi connectivity index (χ2n) is 7.79. The van der Waals surface area contributed by atoms with Crippen molar-refractivity contribution in [3.05, 3.63) is 83.9 Å². The van der Waals surface area contributed by atoms with Crippen LogP contribution in [0.1, 0.15) is 56.1 Å². The van der Waals surface area contributed by atoms with Crippen LogP contribution in [-0.2, 0) is 4.79 Å². The van der Waals surface area contributed by atoms with Gasteiger partial charge in [-0.05, 0) is 61.7 Å². The molecule has 0 bridgehead atoms. The number of ketones is 1. The number of carbonyl (C=O) groups is 1. The summed E-state index contributed by atoms with van der Waals surface area (Å²) in [5, 5.41) is 0. The van der Waals surface area contributed by atoms with Crippen LogP contribution >= 0.6 is 0 Å². The number of nitrogens with zero attached hydrogens (tertiary/aromatic N) is 1. The maximum atomic E-state index is 12.2. The van der Waals surface area contributed by atoms with Gasteiger partial charge in [-0.3, -0.25) is 9.79 Å². The Morgan fingerprint density at radius 1 is 0.929 bits per heavy atom. The zero-order chi connectivity index (χ0) is 19.2. The maximum Gasteiger partial charge on any atom is 0.155 e. The minimum absolute atomic E-state index is 0.224. The fraction of sp³-hybridized carbons (Fsp3) is 0.308. The molecule has 0 unspecified atom stereocenters. The van der Waals surface area contributed by atoms with Crippen molar-refractivity contribution in [3.63, 3.8) is 0 Å². The molecule has 0 amide bonds. The summed E-state index contributed by atoms with van der Waals surface area (Å²) in [6, 6.07) is 20.9. The van der Waals surface area contributed by atoms with Gasteiger partial charge in [0.1, 0.15) is 0 Å². The van der Waals surface area contributed by atoms with Crippen LogP contribution in [0.5, 0.6) is 0 Å². The molecule has 2 aromatic carbocycles. The lowest BCUT2D eigenvalue weighted by molar-refractivity contribution is -0.114. The third kappa shape index (κ3) is 4.95. The van der Waals surface area contributed by atoms with Gasteiger partial charge in [0.25, 0.3) is 0 Å². The quantitative estimate of drug-likeness (QED) is 0.489. The topological polar surface area (TPSA) is 29.4 Å². The lowest BCUT2D eigenvalue weighted by Crippen LogP contribution is -2.09. The van der Waals surface area contributed by atoms with Gasteiger partial charge in [0.05, 0.1) is 5.70 Å². The van der Waals surface area contributed by atoms with E-state index < -0.39 is 0 Å². The lowest BCUT2D eigenvalue weighted by Gasteiger charge is -2.20. The first-order valence-corrected chi connectivity index (χ1v) is 10.4. The van der Waals surface area contributed by atoms with Crippen LogP contribution < -0.4 is 0 Å². The number of rotatable bonds is 8. The molecule has 0 N–H and O–H groups in total. The standard InChI is InChI=1S/C26H27NO/c28-24(13-7-8-20-14-15-20)18-16-23-17-19-25(21-9-3-1-4-10-21)26(27-23)22-11-5-2-6-12-22/h1-7,9-13,20H,8,14-19H2/b13-7+. The van der Waals surface area contributed by atoms with Crippen molar-refractivity contribution in [2.75, 3.05) is 0 Å². The van der Waals surface area contributed by atoms with Gasteiger partial charge in [-0.1, -0.05) is 66.7 Å². The van der Waals surface area contributed by atoms with Gasteiger partial charge < -0.3 is 0 Å². The summed E-state index contributed by atoms with van der Waals surface area (Å²) < 4.78 is 0. The number of carbonyl (C=O) groups excluding carboxylic acids is 1. The molecule has 2 heteroatoms. The van der Waals surface area contributed by atoms with Gasteiger partial charge >= 0.3 is 0 Å². The smallest absolute Gasteiger partial charge is 0.155 e. The zero-order valence-electron chi connectivity index (χ0n) is 16.3. The zero-order valence-corrected chi connectivity index (χ0v) is 16.3. The Morgan fingerprint density at radius 3 is 2.29 bits per heavy atom. The van der Waals surface area contributed by atoms with E-state index in [1.54, 1.807) is 6.08 Å². The van der Waals surface area contributed by atoms with Crippen LogP contribution in [0.2, 0.25) is 0 Å². The average Bonchev–Trinajstić information content (AvgIpc) is 3.58. The Bertz CT molecular complexity index is 902. The Morgan fingerprint density at radius 2 is 1.61 bits per heavy atom. The number of allylic oxidation sites excluding steroid dienone is 3. The second-order valence-corrected chi connectivity index (χ2v) is 7.79. The van der Waals surface area contributed by atoms with Crippen molar-refractivity contribution in [2.45, 2.75) is 44.9 Å². The van der Waals surface area contributed by atoms with E-state index in [0.29, 0.717) is 6.42 Å². The normalized spacial score (nSPS) is 17.1. The van der Waals surface area contributed by atoms with Crippen molar-refractivity contribution in [1.29, 1.82) is 0 Å². The third-order valence-electron chi connectivity index (χ3n) is 5.52. The maximum absolute atomic E-state index is 12.2. The van der Waals surface area contributed by atoms with E-state index in [9.17, 15) is 4.79 Å². The van der Waals surface area contributed by atoms with Crippen molar-refractivity contribution >= 4 is 22.8 Å². The number of benzene rings is 2. The molecule has 1 aliphatic carbocycles. The summed E-state index contributed by atoms with van der Waals surface area (Å²) in [7, 11) is 0. The summed E-state index contributed by atoms with van der Waals surface area (Å²) in [6.07, 6.45) is 10.8. The average molecular weight is 370 g/mol. The summed E-state index contributed by atoms with van der Waals surface area (Å²) >= 11 is 0. The van der Waals surface area contributed by atoms with Crippen molar-refractivity contribution in [1.82, 2.24) is 0 Å². The van der Waals surface area contributed by atoms with Crippen molar-refractivity contribution in [2.24, 2.45) is 10.9 Å². The van der Waals surface area contributed by atoms with Crippen molar-refractivity contribution in [3.8, 4) is 0 Å². The molecule has 0 saturated heterocycles. The SMILES string of the molecule is O=C(/C=C/CC1CC1)CCC1=NC(c2ccccc2)=C(c2ccccc2)CC1. The van der Waals surface area contributed by atoms with Gasteiger partial charge in [0.15, 0.2) is 5.78 Å². The molecular formula is C26H27NO. The van der Waals surface area contributed by atoms with Crippen LogP contribution in [0.25, 0.3) is 11.3 Å². The van der Waals surface area contributed by atoms with Gasteiger partial charge in [-0.25, -0.2) is 0 Å². The largest absolute Gasteiger partial charge is 0.295 e. The summed E-state index contributed by atoms with van der Waals surface area (Å²) in [5.41, 5.74) is 5.89. The monoisotopic (exact) mass is 369 g/mol. The highest BCUT2D eigenvalue weighted by atomic mass is 16.1. The first kappa shape index (κ1) is 18.6. The Hall–Kier alpha value is -2.74. The van der Waals surface area contributed by atoms with Gasteiger partial charge in [0, 0.05) is 17.7 Å². The van der Waals surface area contributed by atoms with Crippen LogP contribution in [-0.4, -0.2) is 11.5 Å². The molecule has 4 rings (SSSR count). The van der Waals surface area contributed by atoms with Crippen molar-refractivity contribution < 1.29 is 4.79 Å². The van der Waals surface area contributed by atoms with Crippen LogP contribution in [0.4, 0.5) is 0 Å². The van der Waals surface area contributed by atoms with E-state index in [-0.39, 0.29) is 5.78 Å². The van der Waals surface area contributed by atoms with E-state index >= 15 is 0 Å². The summed E-state index contributed by atoms with van der Waals surface area (Å²) in [6.45, 7) is 0. The second kappa shape index (κ2) is 8.97. The molecule has 0 aromatic heterocycles. The highest BCUT2D eigenvalue weighted by molar-refractivity contribution is 6.03. The molecule has 28 heavy (non-hydrogen) atoms. The molecular weight excluding hydrogens is 342 g/mol. The molecule has 1 fully saturated rings. The molecule has 2 aromatic rings. The van der Waals surface area contributed by atoms with Crippen LogP contribution in [0.15, 0.2) is 77.8 Å². The molecule has 2 aliphatic rings. The number of hydrogen-bond donors (Lipinski definition) is 0. The predicted octanol–water partition coefficient (Wildman–Crippen LogP) is 6.50. The molecule has 2 nitrogen and oxygen atoms in total. The molecule has 0 radical (unpaired) electrons. The summed E-state index contributed by atoms with van der Waals surface area (Å²) in [4.78, 5) is 17.2.